The van der Waals surface area contributed by atoms with Crippen molar-refractivity contribution in [3.8, 4) is 0 Å². The number of hydrogen-bond acceptors (Lipinski definition) is 6. The average molecular weight is 423 g/mol. The fourth-order valence-corrected chi connectivity index (χ4v) is 4.24. The van der Waals surface area contributed by atoms with Gasteiger partial charge in [0.05, 0.1) is 16.1 Å². The van der Waals surface area contributed by atoms with Crippen LogP contribution >= 0.6 is 11.6 Å². The molecule has 0 bridgehead atoms. The summed E-state index contributed by atoms with van der Waals surface area (Å²) in [6.07, 6.45) is 0. The summed E-state index contributed by atoms with van der Waals surface area (Å²) in [4.78, 5) is 20.3. The van der Waals surface area contributed by atoms with Gasteiger partial charge in [-0.05, 0) is 31.2 Å². The van der Waals surface area contributed by atoms with Crippen molar-refractivity contribution in [1.29, 1.82) is 0 Å². The van der Waals surface area contributed by atoms with Gasteiger partial charge < -0.3 is 9.80 Å². The predicted molar refractivity (Wildman–Crippen MR) is 118 cm³/mol. The fourth-order valence-electron chi connectivity index (χ4n) is 4.07. The maximum absolute atomic E-state index is 11.5. The number of nitrogens with zero attached hydrogens (tertiary/aromatic N) is 6. The Kier molecular flexibility index (Phi) is 4.43. The Hall–Kier alpha value is -3.39. The highest BCUT2D eigenvalue weighted by Gasteiger charge is 2.26. The molecule has 0 radical (unpaired) electrons. The number of benzene rings is 2. The zero-order chi connectivity index (χ0) is 20.8. The van der Waals surface area contributed by atoms with Gasteiger partial charge in [0, 0.05) is 48.7 Å². The van der Waals surface area contributed by atoms with E-state index in [2.05, 4.69) is 16.1 Å². The number of hydrogen-bond donors (Lipinski definition) is 0. The van der Waals surface area contributed by atoms with E-state index in [4.69, 9.17) is 16.6 Å². The Bertz CT molecular complexity index is 1280. The van der Waals surface area contributed by atoms with Crippen molar-refractivity contribution in [2.75, 3.05) is 36.0 Å². The van der Waals surface area contributed by atoms with Crippen LogP contribution in [0.15, 0.2) is 48.5 Å². The molecule has 3 heterocycles. The minimum absolute atomic E-state index is 0.0377. The average Bonchev–Trinajstić information content (AvgIpc) is 3.14. The standard InChI is InChI=1S/C21H19ClN6O2/c1-14-12-20-23-21(16-4-2-3-5-17(16)27(20)24-14)26-10-8-25(9-11-26)18-7-6-15(22)13-19(18)28(29)30/h2-7,12-13H,8-11H2,1H3. The van der Waals surface area contributed by atoms with Crippen LogP contribution in [-0.2, 0) is 0 Å². The monoisotopic (exact) mass is 422 g/mol. The first-order valence-corrected chi connectivity index (χ1v) is 10.1. The first-order chi connectivity index (χ1) is 14.5. The molecule has 1 aliphatic rings. The highest BCUT2D eigenvalue weighted by atomic mass is 35.5. The summed E-state index contributed by atoms with van der Waals surface area (Å²) in [6, 6.07) is 14.9. The molecule has 0 saturated carbocycles. The van der Waals surface area contributed by atoms with Gasteiger partial charge in [-0.1, -0.05) is 23.7 Å². The van der Waals surface area contributed by atoms with Crippen molar-refractivity contribution >= 4 is 45.3 Å². The van der Waals surface area contributed by atoms with E-state index in [1.54, 1.807) is 12.1 Å². The van der Waals surface area contributed by atoms with Crippen LogP contribution in [0, 0.1) is 17.0 Å². The predicted octanol–water partition coefficient (Wildman–Crippen LogP) is 4.08. The molecule has 0 aliphatic carbocycles. The molecule has 0 unspecified atom stereocenters. The van der Waals surface area contributed by atoms with Crippen LogP contribution in [0.25, 0.3) is 16.6 Å². The molecule has 0 spiro atoms. The van der Waals surface area contributed by atoms with Gasteiger partial charge in [-0.25, -0.2) is 9.50 Å². The normalized spacial score (nSPS) is 14.6. The van der Waals surface area contributed by atoms with Gasteiger partial charge >= 0.3 is 0 Å². The molecule has 30 heavy (non-hydrogen) atoms. The van der Waals surface area contributed by atoms with E-state index < -0.39 is 0 Å². The molecule has 0 amide bonds. The molecule has 4 aromatic rings. The Morgan fingerprint density at radius 1 is 1.03 bits per heavy atom. The fraction of sp³-hybridized carbons (Fsp3) is 0.238. The van der Waals surface area contributed by atoms with Crippen LogP contribution in [0.2, 0.25) is 5.02 Å². The summed E-state index contributed by atoms with van der Waals surface area (Å²) in [5, 5.41) is 17.4. The van der Waals surface area contributed by atoms with E-state index in [1.807, 2.05) is 40.6 Å². The van der Waals surface area contributed by atoms with Gasteiger partial charge in [0.2, 0.25) is 0 Å². The van der Waals surface area contributed by atoms with Gasteiger partial charge in [-0.2, -0.15) is 5.10 Å². The number of para-hydroxylation sites is 1. The highest BCUT2D eigenvalue weighted by Crippen LogP contribution is 2.33. The first-order valence-electron chi connectivity index (χ1n) is 9.70. The van der Waals surface area contributed by atoms with Crippen molar-refractivity contribution in [1.82, 2.24) is 14.6 Å². The summed E-state index contributed by atoms with van der Waals surface area (Å²) in [6.45, 7) is 4.69. The molecule has 1 saturated heterocycles. The third-order valence-corrected chi connectivity index (χ3v) is 5.70. The van der Waals surface area contributed by atoms with Crippen molar-refractivity contribution < 1.29 is 4.92 Å². The van der Waals surface area contributed by atoms with E-state index in [0.29, 0.717) is 36.9 Å². The maximum atomic E-state index is 11.5. The Labute approximate surface area is 177 Å². The minimum Gasteiger partial charge on any atom is -0.362 e. The van der Waals surface area contributed by atoms with E-state index in [9.17, 15) is 10.1 Å². The number of rotatable bonds is 3. The van der Waals surface area contributed by atoms with Crippen LogP contribution in [0.4, 0.5) is 17.2 Å². The third kappa shape index (κ3) is 3.09. The van der Waals surface area contributed by atoms with Gasteiger partial charge in [0.15, 0.2) is 5.65 Å². The largest absolute Gasteiger partial charge is 0.362 e. The topological polar surface area (TPSA) is 79.8 Å². The summed E-state index contributed by atoms with van der Waals surface area (Å²) in [7, 11) is 0. The lowest BCUT2D eigenvalue weighted by Gasteiger charge is -2.36. The summed E-state index contributed by atoms with van der Waals surface area (Å²) in [5.74, 6) is 0.920. The van der Waals surface area contributed by atoms with Crippen LogP contribution in [0.5, 0.6) is 0 Å². The van der Waals surface area contributed by atoms with Gasteiger partial charge in [0.25, 0.3) is 5.69 Å². The Balaban J connectivity index is 1.48. The highest BCUT2D eigenvalue weighted by molar-refractivity contribution is 6.30. The van der Waals surface area contributed by atoms with Crippen molar-refractivity contribution in [3.05, 3.63) is 69.4 Å². The number of fused-ring (bicyclic) bond motifs is 3. The van der Waals surface area contributed by atoms with E-state index >= 15 is 0 Å². The van der Waals surface area contributed by atoms with Crippen LogP contribution in [-0.4, -0.2) is 45.7 Å². The molecule has 1 aliphatic heterocycles. The number of anilines is 2. The molecule has 5 rings (SSSR count). The lowest BCUT2D eigenvalue weighted by Crippen LogP contribution is -2.47. The number of aromatic nitrogens is 3. The molecule has 9 heteroatoms. The van der Waals surface area contributed by atoms with Gasteiger partial charge in [-0.3, -0.25) is 10.1 Å². The summed E-state index contributed by atoms with van der Waals surface area (Å²) in [5.41, 5.74) is 3.39. The number of aryl methyl sites for hydroxylation is 1. The van der Waals surface area contributed by atoms with E-state index in [0.717, 1.165) is 28.1 Å². The molecule has 1 fully saturated rings. The van der Waals surface area contributed by atoms with Crippen molar-refractivity contribution in [3.63, 3.8) is 0 Å². The van der Waals surface area contributed by atoms with Crippen LogP contribution in [0.3, 0.4) is 0 Å². The first kappa shape index (κ1) is 18.6. The Morgan fingerprint density at radius 2 is 1.77 bits per heavy atom. The van der Waals surface area contributed by atoms with Gasteiger partial charge in [0.1, 0.15) is 11.5 Å². The molecule has 8 nitrogen and oxygen atoms in total. The Morgan fingerprint density at radius 3 is 2.53 bits per heavy atom. The second-order valence-corrected chi connectivity index (χ2v) is 7.81. The smallest absolute Gasteiger partial charge is 0.294 e. The number of halogens is 1. The minimum atomic E-state index is -0.376. The zero-order valence-corrected chi connectivity index (χ0v) is 17.1. The molecule has 0 atom stereocenters. The van der Waals surface area contributed by atoms with Crippen LogP contribution < -0.4 is 9.80 Å². The quantitative estimate of drug-likeness (QED) is 0.365. The molecule has 152 valence electrons. The molecular weight excluding hydrogens is 404 g/mol. The third-order valence-electron chi connectivity index (χ3n) is 5.46. The van der Waals surface area contributed by atoms with E-state index in [1.165, 1.54) is 6.07 Å². The number of nitro benzene ring substituents is 1. The summed E-state index contributed by atoms with van der Waals surface area (Å²) < 4.78 is 1.88. The molecular formula is C21H19ClN6O2. The molecule has 2 aromatic heterocycles. The van der Waals surface area contributed by atoms with Gasteiger partial charge in [-0.15, -0.1) is 0 Å². The molecule has 2 aromatic carbocycles. The maximum Gasteiger partial charge on any atom is 0.294 e. The number of piperazine rings is 1. The lowest BCUT2D eigenvalue weighted by molar-refractivity contribution is -0.384. The number of nitro groups is 1. The van der Waals surface area contributed by atoms with E-state index in [-0.39, 0.29) is 10.6 Å². The van der Waals surface area contributed by atoms with Crippen molar-refractivity contribution in [2.45, 2.75) is 6.92 Å². The summed E-state index contributed by atoms with van der Waals surface area (Å²) >= 11 is 5.96. The lowest BCUT2D eigenvalue weighted by atomic mass is 10.2. The second-order valence-electron chi connectivity index (χ2n) is 7.37. The zero-order valence-electron chi connectivity index (χ0n) is 16.3. The SMILES string of the molecule is Cc1cc2nc(N3CCN(c4ccc(Cl)cc4[N+](=O)[O-])CC3)c3ccccc3n2n1. The second kappa shape index (κ2) is 7.14. The molecule has 0 N–H and O–H groups in total. The van der Waals surface area contributed by atoms with Crippen LogP contribution in [0.1, 0.15) is 5.69 Å². The van der Waals surface area contributed by atoms with Crippen molar-refractivity contribution in [2.24, 2.45) is 0 Å².